The summed E-state index contributed by atoms with van der Waals surface area (Å²) in [7, 11) is 0. The van der Waals surface area contributed by atoms with Gasteiger partial charge in [0.15, 0.2) is 0 Å². The quantitative estimate of drug-likeness (QED) is 0.163. The zero-order chi connectivity index (χ0) is 23.0. The van der Waals surface area contributed by atoms with Crippen molar-refractivity contribution in [2.75, 3.05) is 17.6 Å². The number of ether oxygens (including phenoxy) is 2. The number of nitrogens with one attached hydrogen (secondary N) is 1. The fraction of sp³-hybridized carbons (Fsp3) is 0.222. The molecule has 0 spiro atoms. The lowest BCUT2D eigenvalue weighted by atomic mass is 10.1. The molecule has 0 aliphatic heterocycles. The zero-order valence-corrected chi connectivity index (χ0v) is 20.7. The molecule has 0 aliphatic carbocycles. The highest BCUT2D eigenvalue weighted by atomic mass is 127. The van der Waals surface area contributed by atoms with Gasteiger partial charge in [-0.15, -0.1) is 0 Å². The Morgan fingerprint density at radius 3 is 2.45 bits per heavy atom. The second-order valence-corrected chi connectivity index (χ2v) is 8.78. The molecule has 0 amide bonds. The van der Waals surface area contributed by atoms with Gasteiger partial charge in [-0.1, -0.05) is 65.1 Å². The van der Waals surface area contributed by atoms with Crippen LogP contribution in [0.5, 0.6) is 11.5 Å². The van der Waals surface area contributed by atoms with E-state index in [9.17, 15) is 4.79 Å². The molecule has 6 heteroatoms. The normalized spacial score (nSPS) is 11.9. The molecule has 1 aromatic heterocycles. The first-order chi connectivity index (χ1) is 16.1. The number of benzene rings is 3. The van der Waals surface area contributed by atoms with Crippen LogP contribution < -0.4 is 20.3 Å². The summed E-state index contributed by atoms with van der Waals surface area (Å²) in [6.07, 6.45) is 1.76. The van der Waals surface area contributed by atoms with Gasteiger partial charge in [0, 0.05) is 35.0 Å². The second-order valence-electron chi connectivity index (χ2n) is 7.90. The first kappa shape index (κ1) is 23.3. The minimum absolute atomic E-state index is 0.131. The van der Waals surface area contributed by atoms with Crippen LogP contribution in [0.1, 0.15) is 12.5 Å². The van der Waals surface area contributed by atoms with Crippen molar-refractivity contribution >= 4 is 33.4 Å². The Labute approximate surface area is 207 Å². The molecular formula is C27H27IN2O3. The first-order valence-electron chi connectivity index (χ1n) is 11.0. The van der Waals surface area contributed by atoms with E-state index in [1.807, 2.05) is 72.8 Å². The highest BCUT2D eigenvalue weighted by molar-refractivity contribution is 14.1. The summed E-state index contributed by atoms with van der Waals surface area (Å²) in [5, 5.41) is 5.54. The highest BCUT2D eigenvalue weighted by Crippen LogP contribution is 2.23. The fourth-order valence-electron chi connectivity index (χ4n) is 3.48. The van der Waals surface area contributed by atoms with Crippen LogP contribution in [0.3, 0.4) is 0 Å². The third kappa shape index (κ3) is 6.36. The van der Waals surface area contributed by atoms with Gasteiger partial charge in [0.25, 0.3) is 5.56 Å². The molecule has 4 aromatic rings. The van der Waals surface area contributed by atoms with E-state index in [2.05, 4.69) is 34.8 Å². The number of rotatable bonds is 10. The monoisotopic (exact) mass is 554 g/mol. The van der Waals surface area contributed by atoms with Crippen molar-refractivity contribution in [1.82, 2.24) is 9.88 Å². The van der Waals surface area contributed by atoms with Crippen LogP contribution in [-0.2, 0) is 6.61 Å². The van der Waals surface area contributed by atoms with Gasteiger partial charge in [-0.2, -0.15) is 0 Å². The van der Waals surface area contributed by atoms with E-state index in [4.69, 9.17) is 9.47 Å². The maximum atomic E-state index is 12.7. The van der Waals surface area contributed by atoms with Crippen molar-refractivity contribution < 1.29 is 9.47 Å². The lowest BCUT2D eigenvalue weighted by Crippen LogP contribution is -2.31. The maximum Gasteiger partial charge on any atom is 0.258 e. The number of aromatic nitrogens is 1. The molecule has 0 saturated heterocycles. The Kier molecular flexibility index (Phi) is 8.01. The summed E-state index contributed by atoms with van der Waals surface area (Å²) < 4.78 is 14.3. The number of halogens is 1. The van der Waals surface area contributed by atoms with Crippen molar-refractivity contribution in [1.29, 1.82) is 0 Å². The molecule has 1 atom stereocenters. The lowest BCUT2D eigenvalue weighted by molar-refractivity contribution is 0.305. The molecule has 0 fully saturated rings. The van der Waals surface area contributed by atoms with Crippen molar-refractivity contribution in [2.24, 2.45) is 0 Å². The van der Waals surface area contributed by atoms with Gasteiger partial charge in [-0.05, 0) is 53.6 Å². The van der Waals surface area contributed by atoms with Crippen LogP contribution in [0.15, 0.2) is 89.9 Å². The number of nitrogens with zero attached hydrogens (tertiary/aromatic N) is 1. The van der Waals surface area contributed by atoms with Gasteiger partial charge >= 0.3 is 0 Å². The van der Waals surface area contributed by atoms with Crippen LogP contribution in [0.25, 0.3) is 16.5 Å². The van der Waals surface area contributed by atoms with E-state index in [1.165, 1.54) is 6.07 Å². The molecule has 170 valence electrons. The summed E-state index contributed by atoms with van der Waals surface area (Å²) in [6, 6.07) is 25.7. The Morgan fingerprint density at radius 2 is 1.67 bits per heavy atom. The van der Waals surface area contributed by atoms with Crippen LogP contribution in [0, 0.1) is 0 Å². The van der Waals surface area contributed by atoms with Crippen molar-refractivity contribution in [3.63, 3.8) is 0 Å². The summed E-state index contributed by atoms with van der Waals surface area (Å²) in [5.74, 6) is 1.40. The smallest absolute Gasteiger partial charge is 0.258 e. The number of fused-ring (bicyclic) bond motifs is 1. The second kappa shape index (κ2) is 11.3. The van der Waals surface area contributed by atoms with Gasteiger partial charge in [-0.25, -0.2) is 0 Å². The Balaban J connectivity index is 1.43. The number of hydrogen-bond acceptors (Lipinski definition) is 4. The number of alkyl halides is 1. The lowest BCUT2D eigenvalue weighted by Gasteiger charge is -2.12. The maximum absolute atomic E-state index is 12.7. The van der Waals surface area contributed by atoms with Crippen LogP contribution >= 0.6 is 22.6 Å². The molecule has 3 aromatic carbocycles. The Bertz CT molecular complexity index is 1260. The molecule has 0 radical (unpaired) electrons. The fourth-order valence-corrected chi connectivity index (χ4v) is 3.80. The Morgan fingerprint density at radius 1 is 0.909 bits per heavy atom. The SMILES string of the molecule is CC(CI)NCCOc1ccc2cc(-n3ccc(OCc4ccccc4)cc3=O)ccc2c1. The van der Waals surface area contributed by atoms with Gasteiger partial charge in [0.1, 0.15) is 24.7 Å². The van der Waals surface area contributed by atoms with E-state index in [-0.39, 0.29) is 5.56 Å². The molecule has 1 unspecified atom stereocenters. The van der Waals surface area contributed by atoms with Crippen molar-refractivity contribution in [3.05, 3.63) is 101 Å². The van der Waals surface area contributed by atoms with E-state index in [1.54, 1.807) is 10.8 Å². The zero-order valence-electron chi connectivity index (χ0n) is 18.5. The third-order valence-corrected chi connectivity index (χ3v) is 6.63. The molecular weight excluding hydrogens is 527 g/mol. The van der Waals surface area contributed by atoms with Gasteiger partial charge in [0.05, 0.1) is 0 Å². The first-order valence-corrected chi connectivity index (χ1v) is 12.5. The summed E-state index contributed by atoms with van der Waals surface area (Å²) in [4.78, 5) is 12.7. The minimum atomic E-state index is -0.131. The molecule has 4 rings (SSSR count). The summed E-state index contributed by atoms with van der Waals surface area (Å²) in [5.41, 5.74) is 1.74. The van der Waals surface area contributed by atoms with Gasteiger partial charge in [-0.3, -0.25) is 9.36 Å². The molecule has 33 heavy (non-hydrogen) atoms. The average Bonchev–Trinajstić information content (AvgIpc) is 2.85. The molecule has 0 aliphatic rings. The van der Waals surface area contributed by atoms with Gasteiger partial charge in [0.2, 0.25) is 0 Å². The molecule has 0 saturated carbocycles. The third-order valence-electron chi connectivity index (χ3n) is 5.31. The Hall–Kier alpha value is -2.84. The predicted molar refractivity (Wildman–Crippen MR) is 142 cm³/mol. The molecule has 1 N–H and O–H groups in total. The highest BCUT2D eigenvalue weighted by Gasteiger charge is 2.05. The average molecular weight is 554 g/mol. The molecule has 1 heterocycles. The van der Waals surface area contributed by atoms with E-state index < -0.39 is 0 Å². The van der Waals surface area contributed by atoms with Crippen LogP contribution in [0.2, 0.25) is 0 Å². The van der Waals surface area contributed by atoms with Crippen LogP contribution in [-0.4, -0.2) is 28.2 Å². The topological polar surface area (TPSA) is 52.5 Å². The minimum Gasteiger partial charge on any atom is -0.492 e. The van der Waals surface area contributed by atoms with E-state index in [0.717, 1.165) is 38.7 Å². The summed E-state index contributed by atoms with van der Waals surface area (Å²) >= 11 is 2.37. The van der Waals surface area contributed by atoms with Crippen molar-refractivity contribution in [3.8, 4) is 17.2 Å². The standard InChI is InChI=1S/C27H27IN2O3/c1-20(18-28)29-12-14-32-25-10-8-22-15-24(9-7-23(22)16-25)30-13-11-26(17-27(30)31)33-19-21-5-3-2-4-6-21/h2-11,13,15-17,20,29H,12,14,18-19H2,1H3. The van der Waals surface area contributed by atoms with Crippen molar-refractivity contribution in [2.45, 2.75) is 19.6 Å². The van der Waals surface area contributed by atoms with E-state index in [0.29, 0.717) is 25.0 Å². The number of hydrogen-bond donors (Lipinski definition) is 1. The number of pyridine rings is 1. The molecule has 5 nitrogen and oxygen atoms in total. The van der Waals surface area contributed by atoms with Crippen LogP contribution in [0.4, 0.5) is 0 Å². The van der Waals surface area contributed by atoms with E-state index >= 15 is 0 Å². The predicted octanol–water partition coefficient (Wildman–Crippen LogP) is 5.36. The van der Waals surface area contributed by atoms with Gasteiger partial charge < -0.3 is 14.8 Å². The largest absolute Gasteiger partial charge is 0.492 e. The summed E-state index contributed by atoms with van der Waals surface area (Å²) in [6.45, 7) is 4.03. The molecule has 0 bridgehead atoms.